The number of rotatable bonds is 8. The van der Waals surface area contributed by atoms with Crippen LogP contribution in [0.25, 0.3) is 188 Å². The number of nitrogens with zero attached hydrogens (tertiary/aromatic N) is 4. The molecule has 0 saturated carbocycles. The molecule has 0 unspecified atom stereocenters. The van der Waals surface area contributed by atoms with Gasteiger partial charge >= 0.3 is 0 Å². The van der Waals surface area contributed by atoms with E-state index in [2.05, 4.69) is 494 Å². The number of para-hydroxylation sites is 2. The van der Waals surface area contributed by atoms with Gasteiger partial charge in [-0.3, -0.25) is 0 Å². The standard InChI is InChI=1S/C126H95BN4O/c1-124(2,3)94-70-101(80-34-18-12-19-35-80)122-103(72-94)92-44-28-42-86(64-92)90-52-60-119-107(68-90)108-69-91(53-61-120(108)132-119)87-43-29-45-93(65-87)104-73-95(125(4,5)6)71-102(81-36-20-13-21-37-81)123(104)131-116-77-98(129-112-49-25-23-47-100(112)106-67-89(51-59-114(106)129)85-41-27-39-83(63-85)79-32-16-11-17-33-79)55-57-110(116)127-109-56-54-97(76-115(109)130(122)117-74-96(126(7,8)9)75-118(131)121(117)127)128-111-48-24-22-46-99(111)105-66-88(50-58-113(105)128)84-40-26-38-82(62-84)78-30-14-10-15-31-78/h10-77H,1-9H3. The van der Waals surface area contributed by atoms with Crippen LogP contribution >= 0.6 is 0 Å². The Morgan fingerprint density at radius 3 is 0.871 bits per heavy atom. The van der Waals surface area contributed by atoms with Crippen LogP contribution in [0, 0.1) is 0 Å². The summed E-state index contributed by atoms with van der Waals surface area (Å²) in [6.07, 6.45) is 0. The van der Waals surface area contributed by atoms with Crippen molar-refractivity contribution < 1.29 is 4.42 Å². The van der Waals surface area contributed by atoms with Crippen LogP contribution in [-0.2, 0) is 16.2 Å². The molecule has 3 aliphatic rings. The average molecular weight is 1690 g/mol. The zero-order valence-electron chi connectivity index (χ0n) is 75.5. The highest BCUT2D eigenvalue weighted by Crippen LogP contribution is 2.57. The predicted octanol–water partition coefficient (Wildman–Crippen LogP) is 32.7. The van der Waals surface area contributed by atoms with Crippen molar-refractivity contribution in [2.24, 2.45) is 0 Å². The van der Waals surface area contributed by atoms with E-state index in [1.165, 1.54) is 99.1 Å². The summed E-state index contributed by atoms with van der Waals surface area (Å²) in [6.45, 7) is 21.2. The Morgan fingerprint density at radius 1 is 0.205 bits per heavy atom. The third-order valence-corrected chi connectivity index (χ3v) is 28.4. The number of anilines is 6. The van der Waals surface area contributed by atoms with Gasteiger partial charge in [0.05, 0.1) is 33.4 Å². The molecule has 0 atom stereocenters. The monoisotopic (exact) mass is 1690 g/mol. The highest BCUT2D eigenvalue weighted by atomic mass is 16.3. The van der Waals surface area contributed by atoms with Crippen molar-refractivity contribution >= 4 is 123 Å². The zero-order valence-corrected chi connectivity index (χ0v) is 75.5. The summed E-state index contributed by atoms with van der Waals surface area (Å²) >= 11 is 0. The average Bonchev–Trinajstić information content (AvgIpc) is 0.778. The lowest BCUT2D eigenvalue weighted by Gasteiger charge is -2.47. The topological polar surface area (TPSA) is 29.5 Å². The molecule has 0 radical (unpaired) electrons. The number of aromatic nitrogens is 2. The van der Waals surface area contributed by atoms with E-state index < -0.39 is 5.41 Å². The molecule has 0 amide bonds. The maximum Gasteiger partial charge on any atom is 0.252 e. The fraction of sp³-hybridized carbons (Fsp3) is 0.0952. The molecule has 6 heterocycles. The second kappa shape index (κ2) is 29.9. The lowest BCUT2D eigenvalue weighted by atomic mass is 9.33. The minimum Gasteiger partial charge on any atom is -0.456 e. The van der Waals surface area contributed by atoms with Gasteiger partial charge in [-0.05, 0) is 284 Å². The van der Waals surface area contributed by atoms with Crippen LogP contribution < -0.4 is 26.2 Å². The van der Waals surface area contributed by atoms with Gasteiger partial charge in [-0.15, -0.1) is 0 Å². The van der Waals surface area contributed by atoms with Crippen LogP contribution in [0.3, 0.4) is 0 Å². The molecule has 25 rings (SSSR count). The van der Waals surface area contributed by atoms with Gasteiger partial charge in [0.25, 0.3) is 6.71 Å². The molecular formula is C126H95BN4O. The molecule has 0 spiro atoms. The number of fused-ring (bicyclic) bond motifs is 26. The lowest BCUT2D eigenvalue weighted by molar-refractivity contribution is 0.590. The number of hydrogen-bond acceptors (Lipinski definition) is 3. The second-order valence-corrected chi connectivity index (χ2v) is 39.6. The Bertz CT molecular complexity index is 8040. The van der Waals surface area contributed by atoms with Crippen molar-refractivity contribution in [3.8, 4) is 123 Å². The Labute approximate surface area is 771 Å². The molecule has 0 N–H and O–H groups in total. The quantitative estimate of drug-likeness (QED) is 0.142. The van der Waals surface area contributed by atoms with Crippen molar-refractivity contribution in [2.75, 3.05) is 9.80 Å². The molecule has 13 bridgehead atoms. The smallest absolute Gasteiger partial charge is 0.252 e. The molecule has 3 aromatic heterocycles. The van der Waals surface area contributed by atoms with Gasteiger partial charge < -0.3 is 23.4 Å². The summed E-state index contributed by atoms with van der Waals surface area (Å²) in [5.41, 5.74) is 44.2. The maximum atomic E-state index is 6.88. The molecule has 628 valence electrons. The summed E-state index contributed by atoms with van der Waals surface area (Å²) in [6, 6.07) is 157. The van der Waals surface area contributed by atoms with Crippen LogP contribution in [0.4, 0.5) is 34.1 Å². The first-order valence-electron chi connectivity index (χ1n) is 46.4. The fourth-order valence-corrected chi connectivity index (χ4v) is 21.6. The summed E-state index contributed by atoms with van der Waals surface area (Å²) in [7, 11) is 0. The largest absolute Gasteiger partial charge is 0.456 e. The van der Waals surface area contributed by atoms with Gasteiger partial charge in [-0.2, -0.15) is 0 Å². The molecule has 5 nitrogen and oxygen atoms in total. The minimum absolute atomic E-state index is 0.287. The van der Waals surface area contributed by atoms with E-state index in [1.54, 1.807) is 0 Å². The van der Waals surface area contributed by atoms with E-state index in [4.69, 9.17) is 4.42 Å². The van der Waals surface area contributed by atoms with Gasteiger partial charge in [-0.1, -0.05) is 329 Å². The second-order valence-electron chi connectivity index (χ2n) is 39.6. The van der Waals surface area contributed by atoms with E-state index in [-0.39, 0.29) is 17.5 Å². The van der Waals surface area contributed by atoms with E-state index in [0.29, 0.717) is 0 Å². The number of hydrogen-bond donors (Lipinski definition) is 0. The van der Waals surface area contributed by atoms with Gasteiger partial charge in [0.15, 0.2) is 0 Å². The first kappa shape index (κ1) is 78.5. The summed E-state index contributed by atoms with van der Waals surface area (Å²) in [5, 5.41) is 6.91. The molecular weight excluding hydrogens is 1600 g/mol. The Morgan fingerprint density at radius 2 is 0.492 bits per heavy atom. The van der Waals surface area contributed by atoms with Crippen LogP contribution in [0.15, 0.2) is 417 Å². The molecule has 0 saturated heterocycles. The van der Waals surface area contributed by atoms with Crippen molar-refractivity contribution in [1.29, 1.82) is 0 Å². The SMILES string of the molecule is CC(C)(C)c1cc(-c2ccccc2)c2c(c1)-c1cccc(c1)-c1ccc3oc4ccc(cc4c3c1)-c1cccc(c1)-c1cc(C(C)(C)C)cc(-c3ccccc3)c1N1c3cc(-n4c5ccccc5c5cc(-c6cccc(-c7ccccc7)c6)ccc54)ccc3B3c4ccc(-n5c6ccccc6c6cc(-c7cccc(-c8ccccc8)c7)ccc65)cc4N2c2cc(C(C)(C)C)cc1c23. The first-order valence-corrected chi connectivity index (χ1v) is 46.4. The van der Waals surface area contributed by atoms with Gasteiger partial charge in [-0.25, -0.2) is 0 Å². The Hall–Kier alpha value is -15.8. The third-order valence-electron chi connectivity index (χ3n) is 28.4. The van der Waals surface area contributed by atoms with Crippen LogP contribution in [0.5, 0.6) is 0 Å². The molecule has 132 heavy (non-hydrogen) atoms. The Kier molecular flexibility index (Phi) is 17.8. The summed E-state index contributed by atoms with van der Waals surface area (Å²) < 4.78 is 12.0. The summed E-state index contributed by atoms with van der Waals surface area (Å²) in [5.74, 6) is 0. The molecule has 0 fully saturated rings. The third kappa shape index (κ3) is 12.8. The predicted molar refractivity (Wildman–Crippen MR) is 560 cm³/mol. The van der Waals surface area contributed by atoms with Crippen molar-refractivity contribution in [1.82, 2.24) is 9.13 Å². The van der Waals surface area contributed by atoms with E-state index in [9.17, 15) is 0 Å². The van der Waals surface area contributed by atoms with E-state index in [1.807, 2.05) is 0 Å². The fourth-order valence-electron chi connectivity index (χ4n) is 21.6. The molecule has 6 heteroatoms. The van der Waals surface area contributed by atoms with E-state index in [0.717, 1.165) is 156 Å². The lowest BCUT2D eigenvalue weighted by Crippen LogP contribution is -2.61. The summed E-state index contributed by atoms with van der Waals surface area (Å²) in [4.78, 5) is 5.53. The van der Waals surface area contributed by atoms with E-state index >= 15 is 0 Å². The minimum atomic E-state index is -0.411. The molecule has 3 aliphatic heterocycles. The van der Waals surface area contributed by atoms with Crippen LogP contribution in [0.2, 0.25) is 0 Å². The van der Waals surface area contributed by atoms with Crippen molar-refractivity contribution in [2.45, 2.75) is 78.6 Å². The Balaban J connectivity index is 0.831. The molecule has 0 aliphatic carbocycles. The van der Waals surface area contributed by atoms with Gasteiger partial charge in [0.2, 0.25) is 0 Å². The normalized spacial score (nSPS) is 12.8. The van der Waals surface area contributed by atoms with Gasteiger partial charge in [0, 0.05) is 88.7 Å². The van der Waals surface area contributed by atoms with Gasteiger partial charge in [0.1, 0.15) is 11.2 Å². The van der Waals surface area contributed by atoms with Crippen molar-refractivity contribution in [3.05, 3.63) is 429 Å². The first-order chi connectivity index (χ1) is 64.3. The number of benzene rings is 19. The highest BCUT2D eigenvalue weighted by molar-refractivity contribution is 7.00. The molecule has 19 aromatic carbocycles. The zero-order chi connectivity index (χ0) is 88.7. The van der Waals surface area contributed by atoms with Crippen molar-refractivity contribution in [3.63, 3.8) is 0 Å². The highest BCUT2D eigenvalue weighted by Gasteiger charge is 2.47. The number of furan rings is 1. The van der Waals surface area contributed by atoms with Crippen LogP contribution in [0.1, 0.15) is 79.0 Å². The van der Waals surface area contributed by atoms with Crippen LogP contribution in [-0.4, -0.2) is 15.8 Å². The maximum absolute atomic E-state index is 6.88. The molecule has 22 aromatic rings.